The fourth-order valence-electron chi connectivity index (χ4n) is 2.83. The van der Waals surface area contributed by atoms with Gasteiger partial charge < -0.3 is 10.2 Å². The van der Waals surface area contributed by atoms with Crippen LogP contribution in [0.25, 0.3) is 0 Å². The molecule has 0 saturated carbocycles. The summed E-state index contributed by atoms with van der Waals surface area (Å²) in [5.41, 5.74) is 0.744. The zero-order chi connectivity index (χ0) is 14.7. The van der Waals surface area contributed by atoms with E-state index in [4.69, 9.17) is 0 Å². The monoisotopic (exact) mass is 343 g/mol. The molecular formula is C15H23BrFN3. The second kappa shape index (κ2) is 6.98. The summed E-state index contributed by atoms with van der Waals surface area (Å²) in [4.78, 5) is 4.64. The average Bonchev–Trinajstić information content (AvgIpc) is 2.42. The first-order chi connectivity index (χ1) is 9.52. The lowest BCUT2D eigenvalue weighted by atomic mass is 9.95. The van der Waals surface area contributed by atoms with Crippen molar-refractivity contribution >= 4 is 15.9 Å². The Hall–Kier alpha value is -0.490. The standard InChI is InChI=1S/C15H23BrFN3/c1-4-18-15(12-9-11(16)5-6-13(12)17)14-10-19(2)7-8-20(14)3/h5-6,9,14-15,18H,4,7-8,10H2,1-3H3. The van der Waals surface area contributed by atoms with Crippen LogP contribution in [0.5, 0.6) is 0 Å². The summed E-state index contributed by atoms with van der Waals surface area (Å²) in [6, 6.07) is 5.46. The van der Waals surface area contributed by atoms with Crippen LogP contribution in [-0.2, 0) is 0 Å². The minimum absolute atomic E-state index is 0.00486. The molecule has 1 aliphatic heterocycles. The molecule has 1 fully saturated rings. The van der Waals surface area contributed by atoms with Gasteiger partial charge in [-0.1, -0.05) is 22.9 Å². The number of rotatable bonds is 4. The van der Waals surface area contributed by atoms with Crippen LogP contribution in [0.2, 0.25) is 0 Å². The summed E-state index contributed by atoms with van der Waals surface area (Å²) >= 11 is 3.45. The average molecular weight is 344 g/mol. The highest BCUT2D eigenvalue weighted by atomic mass is 79.9. The molecule has 1 saturated heterocycles. The Balaban J connectivity index is 2.32. The molecule has 2 atom stereocenters. The zero-order valence-electron chi connectivity index (χ0n) is 12.4. The van der Waals surface area contributed by atoms with Crippen LogP contribution in [0.15, 0.2) is 22.7 Å². The Morgan fingerprint density at radius 3 is 2.85 bits per heavy atom. The van der Waals surface area contributed by atoms with Crippen molar-refractivity contribution in [2.75, 3.05) is 40.3 Å². The van der Waals surface area contributed by atoms with E-state index in [1.807, 2.05) is 6.07 Å². The van der Waals surface area contributed by atoms with Crippen molar-refractivity contribution in [1.82, 2.24) is 15.1 Å². The molecule has 2 unspecified atom stereocenters. The lowest BCUT2D eigenvalue weighted by Crippen LogP contribution is -2.55. The van der Waals surface area contributed by atoms with Crippen molar-refractivity contribution in [2.24, 2.45) is 0 Å². The van der Waals surface area contributed by atoms with Crippen LogP contribution < -0.4 is 5.32 Å². The van der Waals surface area contributed by atoms with Gasteiger partial charge in [-0.2, -0.15) is 0 Å². The van der Waals surface area contributed by atoms with Gasteiger partial charge in [0.2, 0.25) is 0 Å². The van der Waals surface area contributed by atoms with Gasteiger partial charge in [-0.3, -0.25) is 4.90 Å². The molecule has 0 amide bonds. The molecule has 20 heavy (non-hydrogen) atoms. The third-order valence-corrected chi connectivity index (χ3v) is 4.49. The van der Waals surface area contributed by atoms with Gasteiger partial charge in [0, 0.05) is 35.7 Å². The molecule has 1 aromatic carbocycles. The molecule has 5 heteroatoms. The van der Waals surface area contributed by atoms with E-state index in [-0.39, 0.29) is 17.9 Å². The van der Waals surface area contributed by atoms with Crippen molar-refractivity contribution in [3.05, 3.63) is 34.1 Å². The van der Waals surface area contributed by atoms with E-state index in [1.165, 1.54) is 6.07 Å². The second-order valence-electron chi connectivity index (χ2n) is 5.51. The number of hydrogen-bond acceptors (Lipinski definition) is 3. The topological polar surface area (TPSA) is 18.5 Å². The number of likely N-dealkylation sites (N-methyl/N-ethyl adjacent to an activating group) is 3. The van der Waals surface area contributed by atoms with Crippen molar-refractivity contribution in [3.8, 4) is 0 Å². The molecule has 1 N–H and O–H groups in total. The van der Waals surface area contributed by atoms with Crippen LogP contribution in [0, 0.1) is 5.82 Å². The Morgan fingerprint density at radius 1 is 1.40 bits per heavy atom. The van der Waals surface area contributed by atoms with Crippen molar-refractivity contribution in [1.29, 1.82) is 0 Å². The molecule has 1 heterocycles. The van der Waals surface area contributed by atoms with Crippen LogP contribution >= 0.6 is 15.9 Å². The number of piperazine rings is 1. The van der Waals surface area contributed by atoms with Gasteiger partial charge in [-0.05, 0) is 38.8 Å². The van der Waals surface area contributed by atoms with Crippen LogP contribution in [0.3, 0.4) is 0 Å². The van der Waals surface area contributed by atoms with Crippen LogP contribution in [-0.4, -0.2) is 56.1 Å². The molecule has 0 bridgehead atoms. The van der Waals surface area contributed by atoms with E-state index in [9.17, 15) is 4.39 Å². The molecule has 0 radical (unpaired) electrons. The first-order valence-electron chi connectivity index (χ1n) is 7.10. The van der Waals surface area contributed by atoms with Crippen molar-refractivity contribution < 1.29 is 4.39 Å². The Labute approximate surface area is 129 Å². The van der Waals surface area contributed by atoms with E-state index < -0.39 is 0 Å². The van der Waals surface area contributed by atoms with E-state index in [0.29, 0.717) is 0 Å². The molecule has 0 aliphatic carbocycles. The number of halogens is 2. The van der Waals surface area contributed by atoms with Gasteiger partial charge in [0.05, 0.1) is 6.04 Å². The Morgan fingerprint density at radius 2 is 2.15 bits per heavy atom. The third-order valence-electron chi connectivity index (χ3n) is 4.00. The van der Waals surface area contributed by atoms with E-state index >= 15 is 0 Å². The number of nitrogens with one attached hydrogen (secondary N) is 1. The molecule has 3 nitrogen and oxygen atoms in total. The summed E-state index contributed by atoms with van der Waals surface area (Å²) in [5.74, 6) is -0.138. The molecule has 112 valence electrons. The van der Waals surface area contributed by atoms with Crippen LogP contribution in [0.4, 0.5) is 4.39 Å². The second-order valence-corrected chi connectivity index (χ2v) is 6.43. The first kappa shape index (κ1) is 15.9. The van der Waals surface area contributed by atoms with Gasteiger partial charge in [0.1, 0.15) is 5.82 Å². The van der Waals surface area contributed by atoms with Gasteiger partial charge in [0.15, 0.2) is 0 Å². The summed E-state index contributed by atoms with van der Waals surface area (Å²) < 4.78 is 15.1. The maximum atomic E-state index is 14.2. The minimum atomic E-state index is -0.138. The van der Waals surface area contributed by atoms with E-state index in [1.54, 1.807) is 6.07 Å². The fourth-order valence-corrected chi connectivity index (χ4v) is 3.21. The lowest BCUT2D eigenvalue weighted by molar-refractivity contribution is 0.0871. The lowest BCUT2D eigenvalue weighted by Gasteiger charge is -2.42. The minimum Gasteiger partial charge on any atom is -0.309 e. The normalized spacial score (nSPS) is 22.9. The Bertz CT molecular complexity index is 455. The van der Waals surface area contributed by atoms with Crippen molar-refractivity contribution in [3.63, 3.8) is 0 Å². The molecular weight excluding hydrogens is 321 g/mol. The maximum Gasteiger partial charge on any atom is 0.128 e. The first-order valence-corrected chi connectivity index (χ1v) is 7.89. The quantitative estimate of drug-likeness (QED) is 0.905. The zero-order valence-corrected chi connectivity index (χ0v) is 14.0. The number of hydrogen-bond donors (Lipinski definition) is 1. The number of benzene rings is 1. The van der Waals surface area contributed by atoms with Gasteiger partial charge in [-0.15, -0.1) is 0 Å². The summed E-state index contributed by atoms with van der Waals surface area (Å²) in [6.07, 6.45) is 0. The maximum absolute atomic E-state index is 14.2. The summed E-state index contributed by atoms with van der Waals surface area (Å²) in [6.45, 7) is 5.91. The number of nitrogens with zero attached hydrogens (tertiary/aromatic N) is 2. The molecule has 2 rings (SSSR count). The Kier molecular flexibility index (Phi) is 5.55. The smallest absolute Gasteiger partial charge is 0.128 e. The fraction of sp³-hybridized carbons (Fsp3) is 0.600. The highest BCUT2D eigenvalue weighted by Gasteiger charge is 2.31. The molecule has 1 aliphatic rings. The van der Waals surface area contributed by atoms with Gasteiger partial charge in [0.25, 0.3) is 0 Å². The van der Waals surface area contributed by atoms with E-state index in [2.05, 4.69) is 52.1 Å². The molecule has 0 aromatic heterocycles. The SMILES string of the molecule is CCNC(c1cc(Br)ccc1F)C1CN(C)CCN1C. The molecule has 0 spiro atoms. The third kappa shape index (κ3) is 3.58. The van der Waals surface area contributed by atoms with Crippen LogP contribution in [0.1, 0.15) is 18.5 Å². The van der Waals surface area contributed by atoms with E-state index in [0.717, 1.165) is 36.2 Å². The highest BCUT2D eigenvalue weighted by Crippen LogP contribution is 2.27. The van der Waals surface area contributed by atoms with Gasteiger partial charge in [-0.25, -0.2) is 4.39 Å². The summed E-state index contributed by atoms with van der Waals surface area (Å²) in [7, 11) is 4.25. The molecule has 1 aromatic rings. The van der Waals surface area contributed by atoms with Gasteiger partial charge >= 0.3 is 0 Å². The summed E-state index contributed by atoms with van der Waals surface area (Å²) in [5, 5.41) is 3.46. The predicted molar refractivity (Wildman–Crippen MR) is 84.4 cm³/mol. The van der Waals surface area contributed by atoms with Crippen molar-refractivity contribution in [2.45, 2.75) is 19.0 Å². The predicted octanol–water partition coefficient (Wildman–Crippen LogP) is 2.48. The highest BCUT2D eigenvalue weighted by molar-refractivity contribution is 9.10. The largest absolute Gasteiger partial charge is 0.309 e.